The number of nitrogens with zero attached hydrogens (tertiary/aromatic N) is 1. The summed E-state index contributed by atoms with van der Waals surface area (Å²) in [5.41, 5.74) is -0.854. The fourth-order valence-electron chi connectivity index (χ4n) is 1.33. The molecule has 0 heterocycles. The summed E-state index contributed by atoms with van der Waals surface area (Å²) in [5.74, 6) is -1.22. The largest absolute Gasteiger partial charge is 0.478 e. The second kappa shape index (κ2) is 5.70. The first kappa shape index (κ1) is 15.0. The Morgan fingerprint density at radius 1 is 1.42 bits per heavy atom. The maximum Gasteiger partial charge on any atom is 0.347 e. The molecule has 0 saturated heterocycles. The Kier molecular flexibility index (Phi) is 4.49. The zero-order chi connectivity index (χ0) is 14.6. The van der Waals surface area contributed by atoms with Gasteiger partial charge in [-0.05, 0) is 39.8 Å². The van der Waals surface area contributed by atoms with E-state index in [4.69, 9.17) is 14.7 Å². The van der Waals surface area contributed by atoms with E-state index in [0.717, 1.165) is 6.07 Å². The summed E-state index contributed by atoms with van der Waals surface area (Å²) in [6.07, 6.45) is -0.923. The molecular formula is C14H16FNO3. The monoisotopic (exact) mass is 265 g/mol. The van der Waals surface area contributed by atoms with E-state index in [1.807, 2.05) is 0 Å². The number of nitriles is 1. The summed E-state index contributed by atoms with van der Waals surface area (Å²) >= 11 is 0. The Morgan fingerprint density at radius 3 is 2.58 bits per heavy atom. The third-order valence-electron chi connectivity index (χ3n) is 2.13. The molecule has 102 valence electrons. The highest BCUT2D eigenvalue weighted by Gasteiger charge is 2.24. The SMILES string of the molecule is CC(Oc1cccc(F)c1C#N)C(=O)OC(C)(C)C. The normalized spacial score (nSPS) is 12.4. The molecule has 0 N–H and O–H groups in total. The van der Waals surface area contributed by atoms with Crippen LogP contribution in [0, 0.1) is 17.1 Å². The molecule has 0 aromatic heterocycles. The predicted octanol–water partition coefficient (Wildman–Crippen LogP) is 2.81. The molecule has 4 nitrogen and oxygen atoms in total. The first-order valence-electron chi connectivity index (χ1n) is 5.82. The molecule has 0 aliphatic rings. The number of benzene rings is 1. The Labute approximate surface area is 111 Å². The van der Waals surface area contributed by atoms with E-state index in [2.05, 4.69) is 0 Å². The van der Waals surface area contributed by atoms with Crippen LogP contribution >= 0.6 is 0 Å². The number of halogens is 1. The van der Waals surface area contributed by atoms with Crippen molar-refractivity contribution in [3.8, 4) is 11.8 Å². The van der Waals surface area contributed by atoms with Crippen LogP contribution in [0.15, 0.2) is 18.2 Å². The van der Waals surface area contributed by atoms with Gasteiger partial charge in [-0.3, -0.25) is 0 Å². The van der Waals surface area contributed by atoms with Gasteiger partial charge in [0.1, 0.15) is 28.8 Å². The first-order chi connectivity index (χ1) is 8.74. The van der Waals surface area contributed by atoms with Crippen molar-refractivity contribution in [2.24, 2.45) is 0 Å². The Bertz CT molecular complexity index is 514. The molecule has 0 radical (unpaired) electrons. The van der Waals surface area contributed by atoms with Gasteiger partial charge in [0.05, 0.1) is 0 Å². The summed E-state index contributed by atoms with van der Waals surface area (Å²) in [6.45, 7) is 6.70. The minimum Gasteiger partial charge on any atom is -0.478 e. The van der Waals surface area contributed by atoms with Gasteiger partial charge >= 0.3 is 5.97 Å². The molecule has 0 spiro atoms. The smallest absolute Gasteiger partial charge is 0.347 e. The molecule has 0 bridgehead atoms. The molecule has 1 unspecified atom stereocenters. The molecular weight excluding hydrogens is 249 g/mol. The molecule has 0 saturated carbocycles. The fraction of sp³-hybridized carbons (Fsp3) is 0.429. The molecule has 1 aromatic carbocycles. The highest BCUT2D eigenvalue weighted by molar-refractivity contribution is 5.75. The molecule has 1 atom stereocenters. The van der Waals surface area contributed by atoms with Crippen LogP contribution in [0.2, 0.25) is 0 Å². The standard InChI is InChI=1S/C14H16FNO3/c1-9(13(17)19-14(2,3)4)18-12-7-5-6-11(15)10(12)8-16/h5-7,9H,1-4H3. The minimum absolute atomic E-state index is 0.0286. The second-order valence-corrected chi connectivity index (χ2v) is 5.02. The van der Waals surface area contributed by atoms with Gasteiger partial charge in [0.25, 0.3) is 0 Å². The van der Waals surface area contributed by atoms with Crippen molar-refractivity contribution in [3.05, 3.63) is 29.6 Å². The van der Waals surface area contributed by atoms with Crippen molar-refractivity contribution < 1.29 is 18.7 Å². The van der Waals surface area contributed by atoms with Gasteiger partial charge in [-0.25, -0.2) is 9.18 Å². The van der Waals surface area contributed by atoms with E-state index in [1.54, 1.807) is 26.8 Å². The maximum absolute atomic E-state index is 13.4. The zero-order valence-corrected chi connectivity index (χ0v) is 11.4. The average Bonchev–Trinajstić information content (AvgIpc) is 2.27. The molecule has 19 heavy (non-hydrogen) atoms. The van der Waals surface area contributed by atoms with Crippen LogP contribution in [0.5, 0.6) is 5.75 Å². The summed E-state index contributed by atoms with van der Waals surface area (Å²) in [7, 11) is 0. The Hall–Kier alpha value is -2.09. The molecule has 0 aliphatic heterocycles. The van der Waals surface area contributed by atoms with Gasteiger partial charge in [0, 0.05) is 0 Å². The van der Waals surface area contributed by atoms with E-state index < -0.39 is 23.5 Å². The van der Waals surface area contributed by atoms with Crippen LogP contribution in [-0.4, -0.2) is 17.7 Å². The summed E-state index contributed by atoms with van der Waals surface area (Å²) in [4.78, 5) is 11.7. The van der Waals surface area contributed by atoms with Gasteiger partial charge < -0.3 is 9.47 Å². The Balaban J connectivity index is 2.84. The highest BCUT2D eigenvalue weighted by atomic mass is 19.1. The lowest BCUT2D eigenvalue weighted by Crippen LogP contribution is -2.33. The number of hydrogen-bond acceptors (Lipinski definition) is 4. The number of hydrogen-bond donors (Lipinski definition) is 0. The summed E-state index contributed by atoms with van der Waals surface area (Å²) in [6, 6.07) is 5.70. The maximum atomic E-state index is 13.4. The third-order valence-corrected chi connectivity index (χ3v) is 2.13. The first-order valence-corrected chi connectivity index (χ1v) is 5.82. The number of esters is 1. The van der Waals surface area contributed by atoms with Gasteiger partial charge in [0.2, 0.25) is 0 Å². The van der Waals surface area contributed by atoms with Crippen LogP contribution in [-0.2, 0) is 9.53 Å². The van der Waals surface area contributed by atoms with E-state index in [1.165, 1.54) is 19.1 Å². The van der Waals surface area contributed by atoms with Crippen molar-refractivity contribution in [1.82, 2.24) is 0 Å². The summed E-state index contributed by atoms with van der Waals surface area (Å²) < 4.78 is 23.8. The van der Waals surface area contributed by atoms with Crippen molar-refractivity contribution in [2.45, 2.75) is 39.4 Å². The predicted molar refractivity (Wildman–Crippen MR) is 67.1 cm³/mol. The second-order valence-electron chi connectivity index (χ2n) is 5.02. The zero-order valence-electron chi connectivity index (χ0n) is 11.4. The van der Waals surface area contributed by atoms with E-state index >= 15 is 0 Å². The molecule has 0 fully saturated rings. The molecule has 1 rings (SSSR count). The van der Waals surface area contributed by atoms with Gasteiger partial charge in [-0.15, -0.1) is 0 Å². The van der Waals surface area contributed by atoms with Gasteiger partial charge in [-0.1, -0.05) is 6.07 Å². The lowest BCUT2D eigenvalue weighted by molar-refractivity contribution is -0.162. The van der Waals surface area contributed by atoms with Crippen LogP contribution in [0.25, 0.3) is 0 Å². The lowest BCUT2D eigenvalue weighted by atomic mass is 10.2. The number of ether oxygens (including phenoxy) is 2. The Morgan fingerprint density at radius 2 is 2.05 bits per heavy atom. The number of rotatable bonds is 3. The fourth-order valence-corrected chi connectivity index (χ4v) is 1.33. The van der Waals surface area contributed by atoms with Gasteiger partial charge in [-0.2, -0.15) is 5.26 Å². The number of carbonyl (C=O) groups excluding carboxylic acids is 1. The summed E-state index contributed by atoms with van der Waals surface area (Å²) in [5, 5.41) is 8.85. The van der Waals surface area contributed by atoms with Crippen LogP contribution in [0.3, 0.4) is 0 Å². The van der Waals surface area contributed by atoms with Gasteiger partial charge in [0.15, 0.2) is 6.10 Å². The van der Waals surface area contributed by atoms with E-state index in [-0.39, 0.29) is 11.3 Å². The number of carbonyl (C=O) groups is 1. The van der Waals surface area contributed by atoms with Crippen molar-refractivity contribution in [3.63, 3.8) is 0 Å². The third kappa shape index (κ3) is 4.25. The van der Waals surface area contributed by atoms with Crippen LogP contribution in [0.1, 0.15) is 33.3 Å². The van der Waals surface area contributed by atoms with Crippen molar-refractivity contribution in [1.29, 1.82) is 5.26 Å². The lowest BCUT2D eigenvalue weighted by Gasteiger charge is -2.22. The molecule has 1 aromatic rings. The highest BCUT2D eigenvalue weighted by Crippen LogP contribution is 2.22. The van der Waals surface area contributed by atoms with Crippen LogP contribution in [0.4, 0.5) is 4.39 Å². The van der Waals surface area contributed by atoms with Crippen LogP contribution < -0.4 is 4.74 Å². The van der Waals surface area contributed by atoms with Crippen molar-refractivity contribution >= 4 is 5.97 Å². The van der Waals surface area contributed by atoms with E-state index in [9.17, 15) is 9.18 Å². The van der Waals surface area contributed by atoms with E-state index in [0.29, 0.717) is 0 Å². The quantitative estimate of drug-likeness (QED) is 0.788. The topological polar surface area (TPSA) is 59.3 Å². The van der Waals surface area contributed by atoms with Crippen molar-refractivity contribution in [2.75, 3.05) is 0 Å². The molecule has 0 aliphatic carbocycles. The minimum atomic E-state index is -0.923. The molecule has 5 heteroatoms. The molecule has 0 amide bonds. The average molecular weight is 265 g/mol.